The second kappa shape index (κ2) is 29.6. The Kier molecular flexibility index (Phi) is 25.8. The third-order valence-corrected chi connectivity index (χ3v) is 9.89. The molecule has 5 N–H and O–H groups in total. The maximum Gasteiger partial charge on any atom is 0.317 e. The maximum absolute atomic E-state index is 11.6. The number of hydrogen-bond acceptors (Lipinski definition) is 20. The summed E-state index contributed by atoms with van der Waals surface area (Å²) in [6.45, 7) is 7.93. The Bertz CT molecular complexity index is 1210. The van der Waals surface area contributed by atoms with Crippen LogP contribution in [0.15, 0.2) is 0 Å². The Hall–Kier alpha value is -3.62. The Balaban J connectivity index is 2.07. The molecule has 0 aromatic rings. The van der Waals surface area contributed by atoms with Crippen LogP contribution in [-0.4, -0.2) is 297 Å². The van der Waals surface area contributed by atoms with Crippen LogP contribution in [0.2, 0.25) is 0 Å². The highest BCUT2D eigenvalue weighted by molar-refractivity contribution is 5.69. The molecule has 2 fully saturated rings. The standard InChI is InChI=1S/C35H65N9O14/c1-36(18-31(48)20-37-2-4-39(22-33(50)51)6-7-41(24-35(54)55)10-14-42(12-8-37)25-56-28-45)19-32(49)21-38-3-5-40(23-34(52)53)11-15-44(27-58-30-47)17-16-43(13-9-38)26-57-29-46/h28-32,48-49H,2-27H2,1H3,(H,50,51)(H,52,53)(H,54,55). The SMILES string of the molecule is CN(CC(O)CN1CCN(COC=O)CCN(COC=O)CCN(CC(=O)O)CC1)CC(O)CN1CCN(COC=O)CCN(CC(=O)O)CCN(CC(=O)O)CC1. The highest BCUT2D eigenvalue weighted by Crippen LogP contribution is 2.06. The number of β-amino-alcohol motifs (C(OH)–C–C–N with tert-alkyl or cyclic N) is 2. The first-order chi connectivity index (χ1) is 27.8. The minimum Gasteiger partial charge on any atom is -0.480 e. The molecule has 2 aliphatic rings. The second-order valence-corrected chi connectivity index (χ2v) is 14.7. The predicted octanol–water partition coefficient (Wildman–Crippen LogP) is -5.27. The van der Waals surface area contributed by atoms with E-state index in [-0.39, 0.29) is 66.0 Å². The summed E-state index contributed by atoms with van der Waals surface area (Å²) in [5.74, 6) is -2.99. The van der Waals surface area contributed by atoms with Gasteiger partial charge in [0.25, 0.3) is 19.4 Å². The fourth-order valence-electron chi connectivity index (χ4n) is 6.87. The van der Waals surface area contributed by atoms with Gasteiger partial charge < -0.3 is 44.6 Å². The molecule has 334 valence electrons. The van der Waals surface area contributed by atoms with Crippen molar-refractivity contribution in [2.24, 2.45) is 0 Å². The first-order valence-corrected chi connectivity index (χ1v) is 19.4. The van der Waals surface area contributed by atoms with Crippen molar-refractivity contribution in [2.75, 3.05) is 178 Å². The van der Waals surface area contributed by atoms with Crippen LogP contribution in [0.1, 0.15) is 0 Å². The van der Waals surface area contributed by atoms with Gasteiger partial charge in [-0.05, 0) is 7.05 Å². The van der Waals surface area contributed by atoms with Gasteiger partial charge in [-0.2, -0.15) is 0 Å². The Morgan fingerprint density at radius 3 is 0.914 bits per heavy atom. The molecule has 0 saturated carbocycles. The molecule has 58 heavy (non-hydrogen) atoms. The van der Waals surface area contributed by atoms with Gasteiger partial charge in [0, 0.05) is 131 Å². The predicted molar refractivity (Wildman–Crippen MR) is 205 cm³/mol. The van der Waals surface area contributed by atoms with E-state index in [1.807, 2.05) is 29.4 Å². The molecule has 0 aromatic heterocycles. The lowest BCUT2D eigenvalue weighted by atomic mass is 10.2. The van der Waals surface area contributed by atoms with Gasteiger partial charge >= 0.3 is 17.9 Å². The number of likely N-dealkylation sites (N-methyl/N-ethyl adjacent to an activating group) is 1. The molecule has 2 heterocycles. The van der Waals surface area contributed by atoms with Crippen molar-refractivity contribution in [1.82, 2.24) is 44.1 Å². The molecular formula is C35H65N9O14. The molecule has 0 bridgehead atoms. The summed E-state index contributed by atoms with van der Waals surface area (Å²) >= 11 is 0. The van der Waals surface area contributed by atoms with Crippen LogP contribution in [0.5, 0.6) is 0 Å². The van der Waals surface area contributed by atoms with Crippen LogP contribution in [0, 0.1) is 0 Å². The first-order valence-electron chi connectivity index (χ1n) is 19.4. The van der Waals surface area contributed by atoms with Crippen molar-refractivity contribution < 1.29 is 68.5 Å². The fraction of sp³-hybridized carbons (Fsp3) is 0.829. The zero-order valence-corrected chi connectivity index (χ0v) is 33.7. The van der Waals surface area contributed by atoms with Crippen LogP contribution in [0.3, 0.4) is 0 Å². The van der Waals surface area contributed by atoms with Crippen LogP contribution in [-0.2, 0) is 43.0 Å². The number of carbonyl (C=O) groups is 6. The molecule has 0 aliphatic carbocycles. The molecule has 2 rings (SSSR count). The molecule has 23 heteroatoms. The number of carboxylic acids is 3. The lowest BCUT2D eigenvalue weighted by molar-refractivity contribution is -0.140. The Morgan fingerprint density at radius 2 is 0.690 bits per heavy atom. The number of ether oxygens (including phenoxy) is 3. The zero-order valence-electron chi connectivity index (χ0n) is 33.7. The number of carbonyl (C=O) groups excluding carboxylic acids is 3. The van der Waals surface area contributed by atoms with Crippen LogP contribution in [0.25, 0.3) is 0 Å². The maximum atomic E-state index is 11.6. The zero-order chi connectivity index (χ0) is 42.7. The average molecular weight is 836 g/mol. The van der Waals surface area contributed by atoms with Crippen molar-refractivity contribution in [3.8, 4) is 0 Å². The fourth-order valence-corrected chi connectivity index (χ4v) is 6.87. The highest BCUT2D eigenvalue weighted by Gasteiger charge is 2.24. The summed E-state index contributed by atoms with van der Waals surface area (Å²) in [6.07, 6.45) is -1.69. The first kappa shape index (κ1) is 50.5. The van der Waals surface area contributed by atoms with Crippen molar-refractivity contribution in [2.45, 2.75) is 12.2 Å². The molecule has 2 atom stereocenters. The van der Waals surface area contributed by atoms with E-state index in [4.69, 9.17) is 14.2 Å². The molecule has 2 unspecified atom stereocenters. The third-order valence-electron chi connectivity index (χ3n) is 9.89. The largest absolute Gasteiger partial charge is 0.480 e. The van der Waals surface area contributed by atoms with E-state index in [0.29, 0.717) is 124 Å². The number of hydrogen-bond donors (Lipinski definition) is 5. The van der Waals surface area contributed by atoms with Gasteiger partial charge in [0.15, 0.2) is 0 Å². The summed E-state index contributed by atoms with van der Waals surface area (Å²) < 4.78 is 15.0. The van der Waals surface area contributed by atoms with Crippen LogP contribution < -0.4 is 0 Å². The number of rotatable bonds is 23. The number of aliphatic carboxylic acids is 3. The monoisotopic (exact) mass is 835 g/mol. The van der Waals surface area contributed by atoms with Gasteiger partial charge in [-0.25, -0.2) is 0 Å². The summed E-state index contributed by atoms with van der Waals surface area (Å²) in [4.78, 5) is 84.3. The summed E-state index contributed by atoms with van der Waals surface area (Å²) in [5.41, 5.74) is 0. The van der Waals surface area contributed by atoms with Gasteiger partial charge in [0.1, 0.15) is 20.2 Å². The molecule has 0 radical (unpaired) electrons. The quantitative estimate of drug-likeness (QED) is 0.0476. The summed E-state index contributed by atoms with van der Waals surface area (Å²) in [5, 5.41) is 50.9. The topological polar surface area (TPSA) is 260 Å². The van der Waals surface area contributed by atoms with Crippen molar-refractivity contribution in [3.05, 3.63) is 0 Å². The van der Waals surface area contributed by atoms with Gasteiger partial charge in [-0.15, -0.1) is 0 Å². The lowest BCUT2D eigenvalue weighted by Crippen LogP contribution is -2.50. The number of aliphatic hydroxyl groups excluding tert-OH is 2. The molecule has 0 aromatic carbocycles. The van der Waals surface area contributed by atoms with E-state index in [1.165, 1.54) is 0 Å². The molecule has 0 spiro atoms. The van der Waals surface area contributed by atoms with Crippen LogP contribution >= 0.6 is 0 Å². The third kappa shape index (κ3) is 23.7. The molecule has 2 aliphatic heterocycles. The molecule has 0 amide bonds. The minimum absolute atomic E-state index is 0.00222. The summed E-state index contributed by atoms with van der Waals surface area (Å²) in [7, 11) is 1.78. The molecular weight excluding hydrogens is 770 g/mol. The van der Waals surface area contributed by atoms with Gasteiger partial charge in [-0.1, -0.05) is 0 Å². The van der Waals surface area contributed by atoms with E-state index in [1.54, 1.807) is 21.7 Å². The van der Waals surface area contributed by atoms with Gasteiger partial charge in [0.2, 0.25) is 0 Å². The van der Waals surface area contributed by atoms with Crippen molar-refractivity contribution in [1.29, 1.82) is 0 Å². The normalized spacial score (nSPS) is 20.7. The smallest absolute Gasteiger partial charge is 0.317 e. The Morgan fingerprint density at radius 1 is 0.466 bits per heavy atom. The second-order valence-electron chi connectivity index (χ2n) is 14.7. The molecule has 2 saturated heterocycles. The van der Waals surface area contributed by atoms with E-state index >= 15 is 0 Å². The lowest BCUT2D eigenvalue weighted by Gasteiger charge is -2.35. The van der Waals surface area contributed by atoms with Crippen molar-refractivity contribution in [3.63, 3.8) is 0 Å². The molecule has 23 nitrogen and oxygen atoms in total. The van der Waals surface area contributed by atoms with Gasteiger partial charge in [-0.3, -0.25) is 68.0 Å². The number of carboxylic acid groups (broad SMARTS) is 3. The van der Waals surface area contributed by atoms with Crippen molar-refractivity contribution >= 4 is 37.3 Å². The van der Waals surface area contributed by atoms with E-state index in [9.17, 15) is 54.3 Å². The summed E-state index contributed by atoms with van der Waals surface area (Å²) in [6, 6.07) is 0. The number of nitrogens with zero attached hydrogens (tertiary/aromatic N) is 9. The number of aliphatic hydroxyl groups is 2. The Labute approximate surface area is 339 Å². The highest BCUT2D eigenvalue weighted by atomic mass is 16.5. The minimum atomic E-state index is -1.01. The average Bonchev–Trinajstić information content (AvgIpc) is 3.15. The van der Waals surface area contributed by atoms with E-state index in [2.05, 4.69) is 0 Å². The van der Waals surface area contributed by atoms with Crippen LogP contribution in [0.4, 0.5) is 0 Å². The van der Waals surface area contributed by atoms with E-state index < -0.39 is 30.1 Å². The van der Waals surface area contributed by atoms with Gasteiger partial charge in [0.05, 0.1) is 31.8 Å². The van der Waals surface area contributed by atoms with E-state index in [0.717, 1.165) is 0 Å².